The van der Waals surface area contributed by atoms with Gasteiger partial charge in [-0.05, 0) is 44.0 Å². The van der Waals surface area contributed by atoms with Crippen molar-refractivity contribution in [3.8, 4) is 17.3 Å². The molecule has 0 aliphatic carbocycles. The molecular formula is C22H26N6O3. The molecule has 1 N–H and O–H groups in total. The molecule has 1 aliphatic heterocycles. The number of aromatic nitrogens is 4. The van der Waals surface area contributed by atoms with E-state index in [1.807, 2.05) is 29.8 Å². The summed E-state index contributed by atoms with van der Waals surface area (Å²) < 4.78 is 12.5. The van der Waals surface area contributed by atoms with Crippen molar-refractivity contribution in [3.05, 3.63) is 48.5 Å². The van der Waals surface area contributed by atoms with Gasteiger partial charge in [-0.1, -0.05) is 0 Å². The maximum absolute atomic E-state index is 13.0. The van der Waals surface area contributed by atoms with Crippen LogP contribution in [0.25, 0.3) is 5.82 Å². The lowest BCUT2D eigenvalue weighted by atomic mass is 9.97. The molecule has 1 saturated heterocycles. The molecular weight excluding hydrogens is 396 g/mol. The van der Waals surface area contributed by atoms with Crippen molar-refractivity contribution in [2.45, 2.75) is 19.8 Å². The number of nitrogens with zero attached hydrogens (tertiary/aromatic N) is 5. The molecule has 162 valence electrons. The summed E-state index contributed by atoms with van der Waals surface area (Å²) in [7, 11) is 3.17. The van der Waals surface area contributed by atoms with Crippen LogP contribution < -0.4 is 19.7 Å². The van der Waals surface area contributed by atoms with Crippen LogP contribution in [0.2, 0.25) is 0 Å². The average molecular weight is 422 g/mol. The predicted molar refractivity (Wildman–Crippen MR) is 117 cm³/mol. The Hall–Kier alpha value is -3.62. The highest BCUT2D eigenvalue weighted by Gasteiger charge is 2.27. The fourth-order valence-electron chi connectivity index (χ4n) is 3.78. The molecule has 0 bridgehead atoms. The highest BCUT2D eigenvalue weighted by Crippen LogP contribution is 2.30. The lowest BCUT2D eigenvalue weighted by Gasteiger charge is -2.32. The molecule has 31 heavy (non-hydrogen) atoms. The number of piperidine rings is 1. The van der Waals surface area contributed by atoms with Crippen molar-refractivity contribution in [1.82, 2.24) is 19.7 Å². The second-order valence-corrected chi connectivity index (χ2v) is 7.43. The zero-order chi connectivity index (χ0) is 21.8. The normalized spacial score (nSPS) is 16.1. The maximum atomic E-state index is 13.0. The number of imidazole rings is 1. The average Bonchev–Trinajstić information content (AvgIpc) is 3.25. The van der Waals surface area contributed by atoms with Gasteiger partial charge in [0.2, 0.25) is 5.91 Å². The van der Waals surface area contributed by atoms with Gasteiger partial charge in [0.15, 0.2) is 11.6 Å². The summed E-state index contributed by atoms with van der Waals surface area (Å²) in [5.74, 6) is 3.37. The summed E-state index contributed by atoms with van der Waals surface area (Å²) in [6, 6.07) is 9.19. The molecule has 1 unspecified atom stereocenters. The second kappa shape index (κ2) is 9.03. The Bertz CT molecular complexity index is 1050. The van der Waals surface area contributed by atoms with Crippen molar-refractivity contribution in [1.29, 1.82) is 0 Å². The molecule has 0 saturated carbocycles. The van der Waals surface area contributed by atoms with Crippen LogP contribution >= 0.6 is 0 Å². The van der Waals surface area contributed by atoms with Crippen molar-refractivity contribution >= 4 is 17.4 Å². The van der Waals surface area contributed by atoms with E-state index in [1.165, 1.54) is 0 Å². The smallest absolute Gasteiger partial charge is 0.229 e. The maximum Gasteiger partial charge on any atom is 0.229 e. The number of carbonyl (C=O) groups is 1. The number of hydrogen-bond acceptors (Lipinski definition) is 7. The van der Waals surface area contributed by atoms with Gasteiger partial charge in [0, 0.05) is 31.5 Å². The molecule has 9 nitrogen and oxygen atoms in total. The third-order valence-electron chi connectivity index (χ3n) is 5.49. The van der Waals surface area contributed by atoms with E-state index >= 15 is 0 Å². The topological polar surface area (TPSA) is 94.4 Å². The van der Waals surface area contributed by atoms with Crippen LogP contribution in [0.4, 0.5) is 11.5 Å². The lowest BCUT2D eigenvalue weighted by Crippen LogP contribution is -2.41. The number of anilines is 2. The fourth-order valence-corrected chi connectivity index (χ4v) is 3.78. The van der Waals surface area contributed by atoms with E-state index in [4.69, 9.17) is 9.47 Å². The van der Waals surface area contributed by atoms with E-state index in [1.54, 1.807) is 38.6 Å². The van der Waals surface area contributed by atoms with Gasteiger partial charge in [0.1, 0.15) is 17.3 Å². The molecule has 0 spiro atoms. The number of ether oxygens (including phenoxy) is 2. The number of benzene rings is 1. The lowest BCUT2D eigenvalue weighted by molar-refractivity contribution is -0.120. The molecule has 3 aromatic rings. The van der Waals surface area contributed by atoms with Crippen molar-refractivity contribution in [2.75, 3.05) is 37.5 Å². The van der Waals surface area contributed by atoms with Gasteiger partial charge in [-0.2, -0.15) is 0 Å². The first-order chi connectivity index (χ1) is 15.1. The number of hydrogen-bond donors (Lipinski definition) is 1. The number of rotatable bonds is 6. The van der Waals surface area contributed by atoms with Gasteiger partial charge in [0.05, 0.1) is 25.8 Å². The molecule has 1 fully saturated rings. The van der Waals surface area contributed by atoms with Crippen LogP contribution in [-0.2, 0) is 4.79 Å². The molecule has 9 heteroatoms. The van der Waals surface area contributed by atoms with E-state index in [2.05, 4.69) is 25.4 Å². The Morgan fingerprint density at radius 2 is 1.94 bits per heavy atom. The van der Waals surface area contributed by atoms with E-state index in [9.17, 15) is 4.79 Å². The van der Waals surface area contributed by atoms with Gasteiger partial charge in [-0.3, -0.25) is 9.36 Å². The number of aryl methyl sites for hydroxylation is 1. The Labute approximate surface area is 181 Å². The Morgan fingerprint density at radius 3 is 2.61 bits per heavy atom. The van der Waals surface area contributed by atoms with Crippen LogP contribution in [0.3, 0.4) is 0 Å². The summed E-state index contributed by atoms with van der Waals surface area (Å²) >= 11 is 0. The molecule has 4 rings (SSSR count). The minimum atomic E-state index is -0.165. The summed E-state index contributed by atoms with van der Waals surface area (Å²) in [5, 5.41) is 11.7. The van der Waals surface area contributed by atoms with Gasteiger partial charge in [-0.15, -0.1) is 10.2 Å². The van der Waals surface area contributed by atoms with E-state index in [0.717, 1.165) is 36.8 Å². The van der Waals surface area contributed by atoms with Gasteiger partial charge in [-0.25, -0.2) is 4.98 Å². The van der Waals surface area contributed by atoms with Gasteiger partial charge < -0.3 is 19.7 Å². The summed E-state index contributed by atoms with van der Waals surface area (Å²) in [4.78, 5) is 19.3. The molecule has 1 aliphatic rings. The summed E-state index contributed by atoms with van der Waals surface area (Å²) in [6.45, 7) is 3.33. The molecule has 1 amide bonds. The van der Waals surface area contributed by atoms with Gasteiger partial charge in [0.25, 0.3) is 0 Å². The largest absolute Gasteiger partial charge is 0.497 e. The minimum Gasteiger partial charge on any atom is -0.497 e. The Morgan fingerprint density at radius 1 is 1.13 bits per heavy atom. The summed E-state index contributed by atoms with van der Waals surface area (Å²) in [5.41, 5.74) is 0.601. The van der Waals surface area contributed by atoms with E-state index in [-0.39, 0.29) is 11.8 Å². The highest BCUT2D eigenvalue weighted by atomic mass is 16.5. The van der Waals surface area contributed by atoms with Crippen LogP contribution in [0.15, 0.2) is 42.7 Å². The zero-order valence-electron chi connectivity index (χ0n) is 17.9. The Balaban J connectivity index is 1.45. The fraction of sp³-hybridized carbons (Fsp3) is 0.364. The molecule has 3 heterocycles. The summed E-state index contributed by atoms with van der Waals surface area (Å²) in [6.07, 6.45) is 5.30. The molecule has 1 aromatic carbocycles. The first-order valence-electron chi connectivity index (χ1n) is 10.2. The third-order valence-corrected chi connectivity index (χ3v) is 5.49. The van der Waals surface area contributed by atoms with Gasteiger partial charge >= 0.3 is 0 Å². The standard InChI is InChI=1S/C22H26N6O3/c1-15-23-10-12-28(15)21-9-8-20(25-26-21)27-11-4-5-16(14-27)22(29)24-18-13-17(30-2)6-7-19(18)31-3/h6-10,12-13,16H,4-5,11,14H2,1-3H3,(H,24,29). The second-order valence-electron chi connectivity index (χ2n) is 7.43. The zero-order valence-corrected chi connectivity index (χ0v) is 17.9. The monoisotopic (exact) mass is 422 g/mol. The van der Waals surface area contributed by atoms with Crippen molar-refractivity contribution in [2.24, 2.45) is 5.92 Å². The molecule has 2 aromatic heterocycles. The predicted octanol–water partition coefficient (Wildman–Crippen LogP) is 2.84. The first-order valence-corrected chi connectivity index (χ1v) is 10.2. The third kappa shape index (κ3) is 4.45. The number of nitrogens with one attached hydrogen (secondary N) is 1. The van der Waals surface area contributed by atoms with Crippen LogP contribution in [0.5, 0.6) is 11.5 Å². The van der Waals surface area contributed by atoms with Crippen molar-refractivity contribution < 1.29 is 14.3 Å². The molecule has 1 atom stereocenters. The number of amides is 1. The number of methoxy groups -OCH3 is 2. The van der Waals surface area contributed by atoms with Crippen LogP contribution in [0.1, 0.15) is 18.7 Å². The SMILES string of the molecule is COc1ccc(OC)c(NC(=O)C2CCCN(c3ccc(-n4ccnc4C)nn3)C2)c1. The van der Waals surface area contributed by atoms with E-state index < -0.39 is 0 Å². The van der Waals surface area contributed by atoms with Crippen LogP contribution in [-0.4, -0.2) is 53.0 Å². The van der Waals surface area contributed by atoms with E-state index in [0.29, 0.717) is 23.7 Å². The minimum absolute atomic E-state index is 0.0464. The number of carbonyl (C=O) groups excluding carboxylic acids is 1. The Kier molecular flexibility index (Phi) is 6.01. The highest BCUT2D eigenvalue weighted by molar-refractivity contribution is 5.94. The first kappa shape index (κ1) is 20.6. The van der Waals surface area contributed by atoms with Crippen molar-refractivity contribution in [3.63, 3.8) is 0 Å². The molecule has 0 radical (unpaired) electrons. The van der Waals surface area contributed by atoms with Crippen LogP contribution in [0, 0.1) is 12.8 Å². The quantitative estimate of drug-likeness (QED) is 0.653.